The first kappa shape index (κ1) is 13.1. The second kappa shape index (κ2) is 5.54. The quantitative estimate of drug-likeness (QED) is 0.816. The van der Waals surface area contributed by atoms with Crippen LogP contribution >= 0.6 is 0 Å². The van der Waals surface area contributed by atoms with Gasteiger partial charge in [-0.3, -0.25) is 4.90 Å². The molecule has 0 aromatic carbocycles. The first-order chi connectivity index (χ1) is 8.61. The van der Waals surface area contributed by atoms with Crippen molar-refractivity contribution in [2.24, 2.45) is 11.7 Å². The Labute approximate surface area is 107 Å². The minimum atomic E-state index is -0.419. The lowest BCUT2D eigenvalue weighted by Crippen LogP contribution is -2.29. The van der Waals surface area contributed by atoms with E-state index >= 15 is 0 Å². The van der Waals surface area contributed by atoms with Crippen LogP contribution in [-0.4, -0.2) is 37.1 Å². The predicted molar refractivity (Wildman–Crippen MR) is 67.1 cm³/mol. The standard InChI is InChI=1S/C13H20N2O3/c1-9(14)10-3-5-15(7-10)8-11-4-6-18-12(11)13(16)17-2/h4,6,9-10H,3,5,7-8,14H2,1-2H3. The Morgan fingerprint density at radius 2 is 2.50 bits per heavy atom. The minimum Gasteiger partial charge on any atom is -0.463 e. The number of carbonyl (C=O) groups is 1. The van der Waals surface area contributed by atoms with E-state index in [0.29, 0.717) is 18.2 Å². The first-order valence-electron chi connectivity index (χ1n) is 6.24. The average Bonchev–Trinajstić information content (AvgIpc) is 2.97. The Morgan fingerprint density at radius 1 is 1.72 bits per heavy atom. The lowest BCUT2D eigenvalue weighted by molar-refractivity contribution is 0.0562. The zero-order valence-electron chi connectivity index (χ0n) is 10.9. The summed E-state index contributed by atoms with van der Waals surface area (Å²) in [7, 11) is 1.36. The molecule has 0 radical (unpaired) electrons. The van der Waals surface area contributed by atoms with Crippen LogP contribution in [0.2, 0.25) is 0 Å². The largest absolute Gasteiger partial charge is 0.463 e. The Morgan fingerprint density at radius 3 is 3.11 bits per heavy atom. The van der Waals surface area contributed by atoms with E-state index in [1.807, 2.05) is 13.0 Å². The molecule has 5 nitrogen and oxygen atoms in total. The molecule has 0 saturated carbocycles. The molecule has 18 heavy (non-hydrogen) atoms. The third-order valence-electron chi connectivity index (χ3n) is 3.56. The number of methoxy groups -OCH3 is 1. The minimum absolute atomic E-state index is 0.222. The first-order valence-corrected chi connectivity index (χ1v) is 6.24. The Kier molecular flexibility index (Phi) is 4.04. The van der Waals surface area contributed by atoms with E-state index in [4.69, 9.17) is 10.2 Å². The van der Waals surface area contributed by atoms with Crippen LogP contribution in [-0.2, 0) is 11.3 Å². The van der Waals surface area contributed by atoms with Crippen molar-refractivity contribution in [3.05, 3.63) is 23.7 Å². The molecular weight excluding hydrogens is 232 g/mol. The van der Waals surface area contributed by atoms with E-state index in [-0.39, 0.29) is 6.04 Å². The van der Waals surface area contributed by atoms with E-state index in [2.05, 4.69) is 9.64 Å². The van der Waals surface area contributed by atoms with Crippen molar-refractivity contribution in [2.75, 3.05) is 20.2 Å². The summed E-state index contributed by atoms with van der Waals surface area (Å²) in [6.45, 7) is 4.75. The fourth-order valence-corrected chi connectivity index (χ4v) is 2.41. The molecule has 2 atom stereocenters. The summed E-state index contributed by atoms with van der Waals surface area (Å²) in [5, 5.41) is 0. The summed E-state index contributed by atoms with van der Waals surface area (Å²) in [5.74, 6) is 0.429. The van der Waals surface area contributed by atoms with Crippen LogP contribution in [0.4, 0.5) is 0 Å². The maximum atomic E-state index is 11.5. The van der Waals surface area contributed by atoms with Gasteiger partial charge < -0.3 is 14.9 Å². The summed E-state index contributed by atoms with van der Waals surface area (Å²) in [5.41, 5.74) is 6.80. The number of nitrogens with two attached hydrogens (primary N) is 1. The highest BCUT2D eigenvalue weighted by atomic mass is 16.5. The molecule has 5 heteroatoms. The van der Waals surface area contributed by atoms with Gasteiger partial charge in [0.1, 0.15) is 0 Å². The van der Waals surface area contributed by atoms with E-state index in [9.17, 15) is 4.79 Å². The van der Waals surface area contributed by atoms with Gasteiger partial charge in [0.25, 0.3) is 0 Å². The lowest BCUT2D eigenvalue weighted by Gasteiger charge is -2.17. The van der Waals surface area contributed by atoms with Crippen molar-refractivity contribution in [1.82, 2.24) is 4.90 Å². The topological polar surface area (TPSA) is 68.7 Å². The van der Waals surface area contributed by atoms with Crippen molar-refractivity contribution >= 4 is 5.97 Å². The van der Waals surface area contributed by atoms with E-state index in [1.165, 1.54) is 13.4 Å². The molecule has 100 valence electrons. The average molecular weight is 252 g/mol. The Hall–Kier alpha value is -1.33. The fraction of sp³-hybridized carbons (Fsp3) is 0.615. The van der Waals surface area contributed by atoms with Crippen LogP contribution in [0.5, 0.6) is 0 Å². The summed E-state index contributed by atoms with van der Waals surface area (Å²) in [6, 6.07) is 2.05. The van der Waals surface area contributed by atoms with E-state index < -0.39 is 5.97 Å². The maximum Gasteiger partial charge on any atom is 0.374 e. The number of ether oxygens (including phenoxy) is 1. The van der Waals surface area contributed by atoms with Crippen molar-refractivity contribution in [3.8, 4) is 0 Å². The molecule has 1 fully saturated rings. The number of furan rings is 1. The molecule has 1 aromatic heterocycles. The van der Waals surface area contributed by atoms with Gasteiger partial charge in [-0.2, -0.15) is 0 Å². The van der Waals surface area contributed by atoms with Gasteiger partial charge in [0.05, 0.1) is 13.4 Å². The number of hydrogen-bond donors (Lipinski definition) is 1. The molecule has 1 saturated heterocycles. The normalized spacial score (nSPS) is 22.1. The number of hydrogen-bond acceptors (Lipinski definition) is 5. The number of rotatable bonds is 4. The number of nitrogens with zero attached hydrogens (tertiary/aromatic N) is 1. The third kappa shape index (κ3) is 2.73. The summed E-state index contributed by atoms with van der Waals surface area (Å²) in [6.07, 6.45) is 2.64. The van der Waals surface area contributed by atoms with Gasteiger partial charge in [-0.1, -0.05) is 0 Å². The molecule has 2 heterocycles. The zero-order valence-corrected chi connectivity index (χ0v) is 10.9. The van der Waals surface area contributed by atoms with Crippen molar-refractivity contribution in [2.45, 2.75) is 25.9 Å². The number of esters is 1. The monoisotopic (exact) mass is 252 g/mol. The second-order valence-corrected chi connectivity index (χ2v) is 4.91. The summed E-state index contributed by atoms with van der Waals surface area (Å²) in [4.78, 5) is 13.8. The van der Waals surface area contributed by atoms with Crippen LogP contribution in [0.15, 0.2) is 16.7 Å². The smallest absolute Gasteiger partial charge is 0.374 e. The van der Waals surface area contributed by atoms with Crippen LogP contribution in [0, 0.1) is 5.92 Å². The highest BCUT2D eigenvalue weighted by Gasteiger charge is 2.27. The predicted octanol–water partition coefficient (Wildman–Crippen LogP) is 1.24. The Balaban J connectivity index is 1.99. The molecular formula is C13H20N2O3. The summed E-state index contributed by atoms with van der Waals surface area (Å²) >= 11 is 0. The van der Waals surface area contributed by atoms with Crippen molar-refractivity contribution in [3.63, 3.8) is 0 Å². The van der Waals surface area contributed by atoms with Gasteiger partial charge >= 0.3 is 5.97 Å². The molecule has 1 aromatic rings. The second-order valence-electron chi connectivity index (χ2n) is 4.91. The highest BCUT2D eigenvalue weighted by Crippen LogP contribution is 2.22. The van der Waals surface area contributed by atoms with Gasteiger partial charge in [-0.05, 0) is 31.9 Å². The van der Waals surface area contributed by atoms with Crippen LogP contribution in [0.25, 0.3) is 0 Å². The van der Waals surface area contributed by atoms with Gasteiger partial charge in [0.15, 0.2) is 0 Å². The molecule has 1 aliphatic heterocycles. The molecule has 1 aliphatic rings. The van der Waals surface area contributed by atoms with Gasteiger partial charge in [0, 0.05) is 24.7 Å². The molecule has 0 spiro atoms. The molecule has 0 bridgehead atoms. The maximum absolute atomic E-state index is 11.5. The van der Waals surface area contributed by atoms with Crippen LogP contribution in [0.3, 0.4) is 0 Å². The molecule has 2 unspecified atom stereocenters. The Bertz CT molecular complexity index is 414. The molecule has 2 rings (SSSR count). The zero-order chi connectivity index (χ0) is 13.1. The summed E-state index contributed by atoms with van der Waals surface area (Å²) < 4.78 is 9.86. The van der Waals surface area contributed by atoms with Crippen LogP contribution in [0.1, 0.15) is 29.5 Å². The molecule has 0 amide bonds. The number of carbonyl (C=O) groups excluding carboxylic acids is 1. The SMILES string of the molecule is COC(=O)c1occc1CN1CCC(C(C)N)C1. The van der Waals surface area contributed by atoms with Crippen molar-refractivity contribution < 1.29 is 13.9 Å². The van der Waals surface area contributed by atoms with Gasteiger partial charge in [0.2, 0.25) is 5.76 Å². The van der Waals surface area contributed by atoms with Gasteiger partial charge in [-0.15, -0.1) is 0 Å². The van der Waals surface area contributed by atoms with Crippen molar-refractivity contribution in [1.29, 1.82) is 0 Å². The van der Waals surface area contributed by atoms with E-state index in [1.54, 1.807) is 0 Å². The molecule has 0 aliphatic carbocycles. The van der Waals surface area contributed by atoms with E-state index in [0.717, 1.165) is 25.1 Å². The van der Waals surface area contributed by atoms with Gasteiger partial charge in [-0.25, -0.2) is 4.79 Å². The third-order valence-corrected chi connectivity index (χ3v) is 3.56. The number of likely N-dealkylation sites (tertiary alicyclic amines) is 1. The molecule has 2 N–H and O–H groups in total. The fourth-order valence-electron chi connectivity index (χ4n) is 2.41. The van der Waals surface area contributed by atoms with Crippen LogP contribution < -0.4 is 5.73 Å². The lowest BCUT2D eigenvalue weighted by atomic mass is 10.0. The highest BCUT2D eigenvalue weighted by molar-refractivity contribution is 5.87.